The minimum Gasteiger partial charge on any atom is -0.370 e. The van der Waals surface area contributed by atoms with Gasteiger partial charge in [-0.3, -0.25) is 4.79 Å². The van der Waals surface area contributed by atoms with Crippen molar-refractivity contribution in [2.24, 2.45) is 4.99 Å². The number of likely N-dealkylation sites (N-methyl/N-ethyl adjacent to an activating group) is 1. The Morgan fingerprint density at radius 3 is 2.45 bits per heavy atom. The Hall–Kier alpha value is -2.77. The van der Waals surface area contributed by atoms with Gasteiger partial charge in [0.2, 0.25) is 10.0 Å². The maximum atomic E-state index is 12.1. The van der Waals surface area contributed by atoms with Crippen LogP contribution in [-0.2, 0) is 10.0 Å². The van der Waals surface area contributed by atoms with Crippen molar-refractivity contribution >= 4 is 32.9 Å². The summed E-state index contributed by atoms with van der Waals surface area (Å²) >= 11 is 0. The van der Waals surface area contributed by atoms with E-state index in [1.165, 1.54) is 0 Å². The lowest BCUT2D eigenvalue weighted by atomic mass is 9.94. The van der Waals surface area contributed by atoms with Gasteiger partial charge < -0.3 is 4.90 Å². The highest BCUT2D eigenvalue weighted by atomic mass is 32.2. The normalized spacial score (nSPS) is 14.9. The van der Waals surface area contributed by atoms with E-state index in [9.17, 15) is 13.2 Å². The summed E-state index contributed by atoms with van der Waals surface area (Å²) in [5.41, 5.74) is 5.12. The maximum absolute atomic E-state index is 12.1. The maximum Gasteiger partial charge on any atom is 0.208 e. The summed E-state index contributed by atoms with van der Waals surface area (Å²) in [5.74, 6) is -0.00656. The lowest BCUT2D eigenvalue weighted by molar-refractivity contribution is 0.104. The minimum atomic E-state index is -3.19. The molecule has 3 rings (SSSR count). The van der Waals surface area contributed by atoms with Gasteiger partial charge in [0.1, 0.15) is 0 Å². The van der Waals surface area contributed by atoms with Gasteiger partial charge in [-0.05, 0) is 49.8 Å². The molecule has 0 amide bonds. The Morgan fingerprint density at radius 1 is 1.07 bits per heavy atom. The number of nitrogens with zero attached hydrogens (tertiary/aromatic N) is 2. The van der Waals surface area contributed by atoms with Crippen molar-refractivity contribution in [1.29, 1.82) is 0 Å². The van der Waals surface area contributed by atoms with E-state index < -0.39 is 10.0 Å². The second-order valence-electron chi connectivity index (χ2n) is 6.96. The van der Waals surface area contributed by atoms with Crippen molar-refractivity contribution < 1.29 is 13.2 Å². The summed E-state index contributed by atoms with van der Waals surface area (Å²) in [6.07, 6.45) is 4.47. The zero-order valence-corrected chi connectivity index (χ0v) is 17.7. The first-order chi connectivity index (χ1) is 13.8. The first-order valence-electron chi connectivity index (χ1n) is 9.49. The van der Waals surface area contributed by atoms with E-state index in [2.05, 4.69) is 9.62 Å². The lowest BCUT2D eigenvalue weighted by Gasteiger charge is -2.24. The molecule has 2 aromatic rings. The molecule has 0 heterocycles. The van der Waals surface area contributed by atoms with Gasteiger partial charge in [0, 0.05) is 36.4 Å². The molecule has 7 heteroatoms. The number of allylic oxidation sites excluding steroid dienone is 2. The van der Waals surface area contributed by atoms with Crippen molar-refractivity contribution in [3.63, 3.8) is 0 Å². The van der Waals surface area contributed by atoms with Gasteiger partial charge in [0.25, 0.3) is 0 Å². The smallest absolute Gasteiger partial charge is 0.208 e. The number of hydrogen-bond donors (Lipinski definition) is 1. The summed E-state index contributed by atoms with van der Waals surface area (Å²) in [6.45, 7) is 5.72. The van der Waals surface area contributed by atoms with Crippen molar-refractivity contribution in [3.8, 4) is 0 Å². The molecule has 0 aliphatic heterocycles. The molecular formula is C22H25N3O3S. The highest BCUT2D eigenvalue weighted by molar-refractivity contribution is 7.88. The van der Waals surface area contributed by atoms with Crippen LogP contribution in [0.1, 0.15) is 28.4 Å². The number of fused-ring (bicyclic) bond motifs is 1. The lowest BCUT2D eigenvalue weighted by Crippen LogP contribution is -2.34. The molecule has 6 nitrogen and oxygen atoms in total. The van der Waals surface area contributed by atoms with Gasteiger partial charge in [-0.25, -0.2) is 18.1 Å². The number of hydrogen-bond acceptors (Lipinski definition) is 5. The standard InChI is InChI=1S/C22H25N3O3S/c1-4-25(14-13-23-29(3,27)28)17-9-10-20(16(2)15-17)24-21-11-12-22(26)19-8-6-5-7-18(19)21/h5-12,15,23H,4,13-14H2,1-3H3. The van der Waals surface area contributed by atoms with Crippen LogP contribution in [0.2, 0.25) is 0 Å². The van der Waals surface area contributed by atoms with Gasteiger partial charge in [0.15, 0.2) is 5.78 Å². The van der Waals surface area contributed by atoms with Gasteiger partial charge >= 0.3 is 0 Å². The summed E-state index contributed by atoms with van der Waals surface area (Å²) in [6, 6.07) is 13.5. The molecule has 152 valence electrons. The number of aliphatic imine (C=N–C) groups is 1. The van der Waals surface area contributed by atoms with Crippen LogP contribution in [0, 0.1) is 6.92 Å². The second-order valence-corrected chi connectivity index (χ2v) is 8.79. The molecule has 1 aliphatic rings. The van der Waals surface area contributed by atoms with Crippen molar-refractivity contribution in [3.05, 3.63) is 71.3 Å². The summed E-state index contributed by atoms with van der Waals surface area (Å²) in [4.78, 5) is 19.0. The van der Waals surface area contributed by atoms with Crippen LogP contribution in [0.15, 0.2) is 59.6 Å². The number of carbonyl (C=O) groups is 1. The van der Waals surface area contributed by atoms with E-state index in [1.807, 2.05) is 56.3 Å². The van der Waals surface area contributed by atoms with Crippen LogP contribution in [0.4, 0.5) is 11.4 Å². The number of anilines is 1. The van der Waals surface area contributed by atoms with Crippen LogP contribution in [0.5, 0.6) is 0 Å². The van der Waals surface area contributed by atoms with Crippen molar-refractivity contribution in [2.45, 2.75) is 13.8 Å². The molecular weight excluding hydrogens is 386 g/mol. The summed E-state index contributed by atoms with van der Waals surface area (Å²) < 4.78 is 25.0. The Morgan fingerprint density at radius 2 is 1.79 bits per heavy atom. The molecule has 0 aromatic heterocycles. The zero-order valence-electron chi connectivity index (χ0n) is 16.8. The second kappa shape index (κ2) is 8.71. The number of benzene rings is 2. The Balaban J connectivity index is 1.83. The topological polar surface area (TPSA) is 78.8 Å². The van der Waals surface area contributed by atoms with Gasteiger partial charge in [0.05, 0.1) is 17.7 Å². The number of carbonyl (C=O) groups excluding carboxylic acids is 1. The fraction of sp³-hybridized carbons (Fsp3) is 0.273. The predicted molar refractivity (Wildman–Crippen MR) is 118 cm³/mol. The van der Waals surface area contributed by atoms with E-state index in [0.717, 1.165) is 41.0 Å². The molecule has 0 bridgehead atoms. The average molecular weight is 412 g/mol. The fourth-order valence-electron chi connectivity index (χ4n) is 3.28. The molecule has 1 N–H and O–H groups in total. The van der Waals surface area contributed by atoms with Crippen LogP contribution in [0.25, 0.3) is 0 Å². The molecule has 2 aromatic carbocycles. The van der Waals surface area contributed by atoms with E-state index in [-0.39, 0.29) is 5.78 Å². The van der Waals surface area contributed by atoms with Crippen LogP contribution < -0.4 is 9.62 Å². The number of nitrogens with one attached hydrogen (secondary N) is 1. The molecule has 0 unspecified atom stereocenters. The summed E-state index contributed by atoms with van der Waals surface area (Å²) in [5, 5.41) is 0. The molecule has 0 fully saturated rings. The zero-order chi connectivity index (χ0) is 21.0. The van der Waals surface area contributed by atoms with Gasteiger partial charge in [-0.1, -0.05) is 24.3 Å². The highest BCUT2D eigenvalue weighted by Crippen LogP contribution is 2.27. The highest BCUT2D eigenvalue weighted by Gasteiger charge is 2.17. The third kappa shape index (κ3) is 5.19. The Kier molecular flexibility index (Phi) is 6.30. The van der Waals surface area contributed by atoms with E-state index in [4.69, 9.17) is 4.99 Å². The van der Waals surface area contributed by atoms with E-state index >= 15 is 0 Å². The third-order valence-corrected chi connectivity index (χ3v) is 5.50. The van der Waals surface area contributed by atoms with Gasteiger partial charge in [-0.15, -0.1) is 0 Å². The monoisotopic (exact) mass is 411 g/mol. The van der Waals surface area contributed by atoms with Crippen LogP contribution in [-0.4, -0.2) is 45.8 Å². The van der Waals surface area contributed by atoms with Gasteiger partial charge in [-0.2, -0.15) is 0 Å². The average Bonchev–Trinajstić information content (AvgIpc) is 2.68. The fourth-order valence-corrected chi connectivity index (χ4v) is 3.74. The van der Waals surface area contributed by atoms with Crippen LogP contribution in [0.3, 0.4) is 0 Å². The van der Waals surface area contributed by atoms with Crippen LogP contribution >= 0.6 is 0 Å². The first kappa shape index (κ1) is 21.0. The van der Waals surface area contributed by atoms with E-state index in [0.29, 0.717) is 18.7 Å². The van der Waals surface area contributed by atoms with Crippen molar-refractivity contribution in [2.75, 3.05) is 30.8 Å². The molecule has 0 radical (unpaired) electrons. The third-order valence-electron chi connectivity index (χ3n) is 4.78. The molecule has 0 saturated carbocycles. The number of sulfonamides is 1. The quantitative estimate of drug-likeness (QED) is 0.759. The number of rotatable bonds is 7. The summed E-state index contributed by atoms with van der Waals surface area (Å²) in [7, 11) is -3.19. The number of ketones is 1. The molecule has 0 atom stereocenters. The minimum absolute atomic E-state index is 0.00656. The molecule has 1 aliphatic carbocycles. The SMILES string of the molecule is CCN(CCNS(C)(=O)=O)c1ccc(N=C2C=CC(=O)c3ccccc32)c(C)c1. The largest absolute Gasteiger partial charge is 0.370 e. The van der Waals surface area contributed by atoms with E-state index in [1.54, 1.807) is 12.2 Å². The predicted octanol–water partition coefficient (Wildman–Crippen LogP) is 3.24. The molecule has 0 spiro atoms. The Bertz CT molecular complexity index is 1090. The molecule has 0 saturated heterocycles. The van der Waals surface area contributed by atoms with Crippen molar-refractivity contribution in [1.82, 2.24) is 4.72 Å². The first-order valence-corrected chi connectivity index (χ1v) is 11.4. The Labute approximate surface area is 172 Å². The number of aryl methyl sites for hydroxylation is 1. The molecule has 29 heavy (non-hydrogen) atoms.